The van der Waals surface area contributed by atoms with Gasteiger partial charge < -0.3 is 22.1 Å². The zero-order valence-electron chi connectivity index (χ0n) is 9.00. The van der Waals surface area contributed by atoms with Crippen LogP contribution in [0.15, 0.2) is 24.3 Å². The zero-order valence-corrected chi connectivity index (χ0v) is 9.00. The molecule has 0 heterocycles. The lowest BCUT2D eigenvalue weighted by atomic mass is 10.2. The summed E-state index contributed by atoms with van der Waals surface area (Å²) in [6.07, 6.45) is 0. The van der Waals surface area contributed by atoms with Gasteiger partial charge in [0.15, 0.2) is 0 Å². The average Bonchev–Trinajstić information content (AvgIpc) is 2.26. The van der Waals surface area contributed by atoms with Crippen LogP contribution in [0.3, 0.4) is 0 Å². The Bertz CT molecular complexity index is 258. The molecule has 1 aromatic rings. The molecule has 0 aliphatic heterocycles. The van der Waals surface area contributed by atoms with Gasteiger partial charge in [-0.05, 0) is 17.7 Å². The number of rotatable bonds is 7. The molecular formula is C11H20N4. The largest absolute Gasteiger partial charge is 0.399 e. The van der Waals surface area contributed by atoms with Gasteiger partial charge in [0.25, 0.3) is 0 Å². The number of nitrogens with two attached hydrogens (primary N) is 2. The first-order valence-corrected chi connectivity index (χ1v) is 5.29. The second kappa shape index (κ2) is 7.23. The first-order valence-electron chi connectivity index (χ1n) is 5.29. The van der Waals surface area contributed by atoms with E-state index in [1.807, 2.05) is 24.3 Å². The average molecular weight is 208 g/mol. The Morgan fingerprint density at radius 1 is 0.933 bits per heavy atom. The molecule has 4 nitrogen and oxygen atoms in total. The van der Waals surface area contributed by atoms with Gasteiger partial charge >= 0.3 is 0 Å². The van der Waals surface area contributed by atoms with Crippen molar-refractivity contribution in [1.82, 2.24) is 10.6 Å². The maximum atomic E-state index is 5.59. The minimum atomic E-state index is 0.692. The van der Waals surface area contributed by atoms with E-state index in [4.69, 9.17) is 11.5 Å². The highest BCUT2D eigenvalue weighted by Crippen LogP contribution is 2.04. The summed E-state index contributed by atoms with van der Waals surface area (Å²) < 4.78 is 0. The molecule has 1 aromatic carbocycles. The van der Waals surface area contributed by atoms with Gasteiger partial charge in [0.1, 0.15) is 0 Å². The van der Waals surface area contributed by atoms with Crippen molar-refractivity contribution in [2.24, 2.45) is 5.73 Å². The molecule has 0 radical (unpaired) electrons. The van der Waals surface area contributed by atoms with E-state index in [-0.39, 0.29) is 0 Å². The Balaban J connectivity index is 2.07. The summed E-state index contributed by atoms with van der Waals surface area (Å²) in [7, 11) is 0. The lowest BCUT2D eigenvalue weighted by Crippen LogP contribution is -2.30. The number of nitrogen functional groups attached to an aromatic ring is 1. The Labute approximate surface area is 91.0 Å². The molecular weight excluding hydrogens is 188 g/mol. The monoisotopic (exact) mass is 208 g/mol. The standard InChI is InChI=1S/C11H20N4/c12-5-6-14-7-8-15-9-10-1-3-11(13)4-2-10/h1-4,14-15H,5-9,12-13H2. The van der Waals surface area contributed by atoms with Crippen molar-refractivity contribution in [3.05, 3.63) is 29.8 Å². The second-order valence-corrected chi connectivity index (χ2v) is 3.46. The Hall–Kier alpha value is -1.10. The number of hydrogen-bond donors (Lipinski definition) is 4. The molecule has 0 amide bonds. The van der Waals surface area contributed by atoms with Crippen molar-refractivity contribution >= 4 is 5.69 Å². The Morgan fingerprint density at radius 3 is 2.27 bits per heavy atom. The van der Waals surface area contributed by atoms with Gasteiger partial charge in [-0.2, -0.15) is 0 Å². The summed E-state index contributed by atoms with van der Waals surface area (Å²) in [6.45, 7) is 4.35. The summed E-state index contributed by atoms with van der Waals surface area (Å²) in [5.41, 5.74) is 13.0. The van der Waals surface area contributed by atoms with E-state index in [0.29, 0.717) is 6.54 Å². The summed E-state index contributed by atoms with van der Waals surface area (Å²) in [6, 6.07) is 7.92. The highest BCUT2D eigenvalue weighted by molar-refractivity contribution is 5.39. The van der Waals surface area contributed by atoms with Crippen LogP contribution >= 0.6 is 0 Å². The first-order chi connectivity index (χ1) is 7.33. The first kappa shape index (κ1) is 12.0. The predicted octanol–water partition coefficient (Wildman–Crippen LogP) is -0.0933. The third-order valence-electron chi connectivity index (χ3n) is 2.11. The molecule has 0 atom stereocenters. The van der Waals surface area contributed by atoms with Crippen molar-refractivity contribution in [3.8, 4) is 0 Å². The molecule has 0 bridgehead atoms. The van der Waals surface area contributed by atoms with Crippen LogP contribution in [0.1, 0.15) is 5.56 Å². The van der Waals surface area contributed by atoms with Crippen molar-refractivity contribution < 1.29 is 0 Å². The number of anilines is 1. The van der Waals surface area contributed by atoms with Crippen LogP contribution in [0.2, 0.25) is 0 Å². The fraction of sp³-hybridized carbons (Fsp3) is 0.455. The van der Waals surface area contributed by atoms with Crippen molar-refractivity contribution in [1.29, 1.82) is 0 Å². The minimum absolute atomic E-state index is 0.692. The van der Waals surface area contributed by atoms with E-state index >= 15 is 0 Å². The van der Waals surface area contributed by atoms with Gasteiger partial charge in [-0.25, -0.2) is 0 Å². The highest BCUT2D eigenvalue weighted by atomic mass is 14.9. The lowest BCUT2D eigenvalue weighted by Gasteiger charge is -2.06. The molecule has 0 saturated carbocycles. The maximum absolute atomic E-state index is 5.59. The topological polar surface area (TPSA) is 76.1 Å². The van der Waals surface area contributed by atoms with Crippen LogP contribution < -0.4 is 22.1 Å². The second-order valence-electron chi connectivity index (χ2n) is 3.46. The fourth-order valence-electron chi connectivity index (χ4n) is 1.27. The summed E-state index contributed by atoms with van der Waals surface area (Å²) in [5, 5.41) is 6.56. The molecule has 0 saturated heterocycles. The van der Waals surface area contributed by atoms with E-state index in [1.54, 1.807) is 0 Å². The van der Waals surface area contributed by atoms with E-state index in [2.05, 4.69) is 10.6 Å². The van der Waals surface area contributed by atoms with Crippen LogP contribution in [0.25, 0.3) is 0 Å². The normalized spacial score (nSPS) is 10.5. The highest BCUT2D eigenvalue weighted by Gasteiger charge is 1.91. The number of nitrogens with one attached hydrogen (secondary N) is 2. The van der Waals surface area contributed by atoms with Gasteiger partial charge in [0.2, 0.25) is 0 Å². The SMILES string of the molecule is NCCNCCNCc1ccc(N)cc1. The predicted molar refractivity (Wildman–Crippen MR) is 64.5 cm³/mol. The molecule has 0 aliphatic carbocycles. The van der Waals surface area contributed by atoms with Gasteiger partial charge in [-0.15, -0.1) is 0 Å². The molecule has 0 aromatic heterocycles. The number of hydrogen-bond acceptors (Lipinski definition) is 4. The molecule has 0 spiro atoms. The van der Waals surface area contributed by atoms with Gasteiger partial charge in [0.05, 0.1) is 0 Å². The van der Waals surface area contributed by atoms with Crippen molar-refractivity contribution in [2.75, 3.05) is 31.9 Å². The third-order valence-corrected chi connectivity index (χ3v) is 2.11. The lowest BCUT2D eigenvalue weighted by molar-refractivity contribution is 0.615. The summed E-state index contributed by atoms with van der Waals surface area (Å²) >= 11 is 0. The molecule has 0 unspecified atom stereocenters. The Morgan fingerprint density at radius 2 is 1.60 bits per heavy atom. The van der Waals surface area contributed by atoms with Crippen molar-refractivity contribution in [2.45, 2.75) is 6.54 Å². The van der Waals surface area contributed by atoms with Crippen LogP contribution in [-0.2, 0) is 6.54 Å². The quantitative estimate of drug-likeness (QED) is 0.373. The van der Waals surface area contributed by atoms with Crippen LogP contribution in [-0.4, -0.2) is 26.2 Å². The minimum Gasteiger partial charge on any atom is -0.399 e. The molecule has 0 aliphatic rings. The van der Waals surface area contributed by atoms with E-state index < -0.39 is 0 Å². The Kier molecular flexibility index (Phi) is 5.77. The van der Waals surface area contributed by atoms with E-state index in [1.165, 1.54) is 5.56 Å². The van der Waals surface area contributed by atoms with Gasteiger partial charge in [0, 0.05) is 38.4 Å². The van der Waals surface area contributed by atoms with Crippen molar-refractivity contribution in [3.63, 3.8) is 0 Å². The van der Waals surface area contributed by atoms with Crippen LogP contribution in [0.5, 0.6) is 0 Å². The number of benzene rings is 1. The summed E-state index contributed by atoms with van der Waals surface area (Å²) in [4.78, 5) is 0. The molecule has 0 fully saturated rings. The van der Waals surface area contributed by atoms with Crippen LogP contribution in [0, 0.1) is 0 Å². The smallest absolute Gasteiger partial charge is 0.0314 e. The van der Waals surface area contributed by atoms with E-state index in [0.717, 1.165) is 31.9 Å². The molecule has 84 valence electrons. The van der Waals surface area contributed by atoms with Gasteiger partial charge in [-0.1, -0.05) is 12.1 Å². The third kappa shape index (κ3) is 5.37. The molecule has 1 rings (SSSR count). The summed E-state index contributed by atoms with van der Waals surface area (Å²) in [5.74, 6) is 0. The molecule has 15 heavy (non-hydrogen) atoms. The molecule has 4 heteroatoms. The molecule has 6 N–H and O–H groups in total. The fourth-order valence-corrected chi connectivity index (χ4v) is 1.27. The maximum Gasteiger partial charge on any atom is 0.0314 e. The van der Waals surface area contributed by atoms with Crippen LogP contribution in [0.4, 0.5) is 5.69 Å². The zero-order chi connectivity index (χ0) is 10.9. The van der Waals surface area contributed by atoms with E-state index in [9.17, 15) is 0 Å². The van der Waals surface area contributed by atoms with Gasteiger partial charge in [-0.3, -0.25) is 0 Å².